The van der Waals surface area contributed by atoms with Crippen molar-refractivity contribution in [3.05, 3.63) is 35.4 Å². The van der Waals surface area contributed by atoms with Gasteiger partial charge in [-0.2, -0.15) is 0 Å². The topological polar surface area (TPSA) is 48.9 Å². The second-order valence-corrected chi connectivity index (χ2v) is 6.89. The fourth-order valence-electron chi connectivity index (χ4n) is 3.25. The lowest BCUT2D eigenvalue weighted by Gasteiger charge is -2.33. The molecule has 1 aliphatic heterocycles. The molecule has 146 valence electrons. The number of benzene rings is 1. The molecule has 1 unspecified atom stereocenters. The molecule has 0 radical (unpaired) electrons. The molecule has 1 aromatic rings. The second kappa shape index (κ2) is 11.9. The highest BCUT2D eigenvalue weighted by molar-refractivity contribution is 5.79. The van der Waals surface area contributed by atoms with Crippen LogP contribution in [0.5, 0.6) is 0 Å². The first-order chi connectivity index (χ1) is 12.7. The van der Waals surface area contributed by atoms with Crippen LogP contribution in [0, 0.1) is 0 Å². The Kier molecular flexibility index (Phi) is 9.50. The fourth-order valence-corrected chi connectivity index (χ4v) is 3.25. The van der Waals surface area contributed by atoms with E-state index < -0.39 is 0 Å². The van der Waals surface area contributed by atoms with Gasteiger partial charge in [0.25, 0.3) is 0 Å². The Hall–Kier alpha value is -1.59. The molecule has 0 bridgehead atoms. The Bertz CT molecular complexity index is 547. The predicted octanol–water partition coefficient (Wildman–Crippen LogP) is 2.80. The SMILES string of the molecule is CCNC(=NCC(C)N1CCc2ccccc2C1)NCCCCOCC. The minimum Gasteiger partial charge on any atom is -0.382 e. The average molecular weight is 361 g/mol. The maximum Gasteiger partial charge on any atom is 0.191 e. The molecule has 2 N–H and O–H groups in total. The van der Waals surface area contributed by atoms with E-state index in [0.29, 0.717) is 6.04 Å². The highest BCUT2D eigenvalue weighted by Gasteiger charge is 2.20. The molecule has 0 fully saturated rings. The third kappa shape index (κ3) is 6.96. The van der Waals surface area contributed by atoms with E-state index in [-0.39, 0.29) is 0 Å². The van der Waals surface area contributed by atoms with Gasteiger partial charge in [-0.3, -0.25) is 9.89 Å². The number of hydrogen-bond donors (Lipinski definition) is 2. The molecule has 1 atom stereocenters. The number of unbranched alkanes of at least 4 members (excludes halogenated alkanes) is 1. The lowest BCUT2D eigenvalue weighted by Crippen LogP contribution is -2.42. The van der Waals surface area contributed by atoms with Gasteiger partial charge in [-0.05, 0) is 51.2 Å². The summed E-state index contributed by atoms with van der Waals surface area (Å²) in [6.07, 6.45) is 3.33. The summed E-state index contributed by atoms with van der Waals surface area (Å²) in [5, 5.41) is 6.78. The summed E-state index contributed by atoms with van der Waals surface area (Å²) < 4.78 is 5.38. The van der Waals surface area contributed by atoms with Crippen LogP contribution in [0.25, 0.3) is 0 Å². The maximum absolute atomic E-state index is 5.38. The number of fused-ring (bicyclic) bond motifs is 1. The lowest BCUT2D eigenvalue weighted by molar-refractivity contribution is 0.143. The van der Waals surface area contributed by atoms with E-state index in [4.69, 9.17) is 9.73 Å². The van der Waals surface area contributed by atoms with Crippen molar-refractivity contribution in [1.29, 1.82) is 0 Å². The summed E-state index contributed by atoms with van der Waals surface area (Å²) in [6.45, 7) is 12.9. The first-order valence-electron chi connectivity index (χ1n) is 10.1. The van der Waals surface area contributed by atoms with Crippen molar-refractivity contribution in [3.63, 3.8) is 0 Å². The molecular weight excluding hydrogens is 324 g/mol. The van der Waals surface area contributed by atoms with Gasteiger partial charge in [-0.1, -0.05) is 24.3 Å². The number of nitrogens with one attached hydrogen (secondary N) is 2. The molecular formula is C21H36N4O. The van der Waals surface area contributed by atoms with Crippen molar-refractivity contribution >= 4 is 5.96 Å². The van der Waals surface area contributed by atoms with Gasteiger partial charge in [0.05, 0.1) is 6.54 Å². The molecule has 0 spiro atoms. The molecule has 1 aliphatic rings. The number of ether oxygens (including phenoxy) is 1. The minimum absolute atomic E-state index is 0.441. The van der Waals surface area contributed by atoms with Gasteiger partial charge in [-0.25, -0.2) is 0 Å². The first kappa shape index (κ1) is 20.7. The van der Waals surface area contributed by atoms with Crippen LogP contribution in [0.4, 0.5) is 0 Å². The molecule has 0 aliphatic carbocycles. The summed E-state index contributed by atoms with van der Waals surface area (Å²) in [5.41, 5.74) is 2.97. The number of nitrogens with zero attached hydrogens (tertiary/aromatic N) is 2. The van der Waals surface area contributed by atoms with Crippen LogP contribution >= 0.6 is 0 Å². The molecule has 0 saturated carbocycles. The van der Waals surface area contributed by atoms with Crippen LogP contribution in [0.2, 0.25) is 0 Å². The van der Waals surface area contributed by atoms with E-state index in [1.165, 1.54) is 11.1 Å². The Labute approximate surface area is 159 Å². The van der Waals surface area contributed by atoms with Crippen LogP contribution in [-0.2, 0) is 17.7 Å². The lowest BCUT2D eigenvalue weighted by atomic mass is 9.99. The van der Waals surface area contributed by atoms with E-state index in [1.54, 1.807) is 0 Å². The van der Waals surface area contributed by atoms with E-state index in [0.717, 1.165) is 71.2 Å². The number of aliphatic imine (C=N–C) groups is 1. The van der Waals surface area contributed by atoms with Gasteiger partial charge in [0.1, 0.15) is 0 Å². The van der Waals surface area contributed by atoms with E-state index >= 15 is 0 Å². The molecule has 0 saturated heterocycles. The van der Waals surface area contributed by atoms with Crippen molar-refractivity contribution in [2.24, 2.45) is 4.99 Å². The zero-order valence-corrected chi connectivity index (χ0v) is 16.8. The van der Waals surface area contributed by atoms with Crippen molar-refractivity contribution in [2.45, 2.75) is 52.6 Å². The Morgan fingerprint density at radius 1 is 1.19 bits per heavy atom. The molecule has 0 amide bonds. The molecule has 0 aromatic heterocycles. The van der Waals surface area contributed by atoms with Crippen LogP contribution in [0.15, 0.2) is 29.3 Å². The van der Waals surface area contributed by atoms with Crippen LogP contribution in [-0.4, -0.2) is 56.3 Å². The number of rotatable bonds is 10. The van der Waals surface area contributed by atoms with E-state index in [2.05, 4.69) is 53.6 Å². The van der Waals surface area contributed by atoms with Crippen molar-refractivity contribution < 1.29 is 4.74 Å². The van der Waals surface area contributed by atoms with Gasteiger partial charge < -0.3 is 15.4 Å². The molecule has 5 nitrogen and oxygen atoms in total. The second-order valence-electron chi connectivity index (χ2n) is 6.89. The highest BCUT2D eigenvalue weighted by Crippen LogP contribution is 2.20. The van der Waals surface area contributed by atoms with Crippen LogP contribution in [0.1, 0.15) is 44.7 Å². The van der Waals surface area contributed by atoms with Gasteiger partial charge in [0.15, 0.2) is 5.96 Å². The molecule has 1 heterocycles. The average Bonchev–Trinajstić information content (AvgIpc) is 2.68. The summed E-state index contributed by atoms with van der Waals surface area (Å²) in [4.78, 5) is 7.34. The van der Waals surface area contributed by atoms with Crippen LogP contribution in [0.3, 0.4) is 0 Å². The molecule has 1 aromatic carbocycles. The normalized spacial score (nSPS) is 16.2. The predicted molar refractivity (Wildman–Crippen MR) is 110 cm³/mol. The van der Waals surface area contributed by atoms with E-state index in [1.807, 2.05) is 6.92 Å². The Morgan fingerprint density at radius 3 is 2.77 bits per heavy atom. The quantitative estimate of drug-likeness (QED) is 0.383. The number of hydrogen-bond acceptors (Lipinski definition) is 3. The zero-order chi connectivity index (χ0) is 18.6. The molecule has 26 heavy (non-hydrogen) atoms. The van der Waals surface area contributed by atoms with Crippen LogP contribution < -0.4 is 10.6 Å². The smallest absolute Gasteiger partial charge is 0.191 e. The van der Waals surface area contributed by atoms with Gasteiger partial charge >= 0.3 is 0 Å². The van der Waals surface area contributed by atoms with Crippen molar-refractivity contribution in [3.8, 4) is 0 Å². The van der Waals surface area contributed by atoms with Gasteiger partial charge in [-0.15, -0.1) is 0 Å². The fraction of sp³-hybridized carbons (Fsp3) is 0.667. The first-order valence-corrected chi connectivity index (χ1v) is 10.1. The Morgan fingerprint density at radius 2 is 2.00 bits per heavy atom. The highest BCUT2D eigenvalue weighted by atomic mass is 16.5. The standard InChI is InChI=1S/C21H36N4O/c1-4-22-21(23-13-8-9-15-26-5-2)24-16-18(3)25-14-12-19-10-6-7-11-20(19)17-25/h6-7,10-11,18H,4-5,8-9,12-17H2,1-3H3,(H2,22,23,24). The van der Waals surface area contributed by atoms with Crippen molar-refractivity contribution in [2.75, 3.05) is 39.4 Å². The zero-order valence-electron chi connectivity index (χ0n) is 16.8. The van der Waals surface area contributed by atoms with Gasteiger partial charge in [0.2, 0.25) is 0 Å². The summed E-state index contributed by atoms with van der Waals surface area (Å²) in [6, 6.07) is 9.24. The minimum atomic E-state index is 0.441. The maximum atomic E-state index is 5.38. The largest absolute Gasteiger partial charge is 0.382 e. The number of guanidine groups is 1. The third-order valence-corrected chi connectivity index (χ3v) is 4.85. The summed E-state index contributed by atoms with van der Waals surface area (Å²) in [5.74, 6) is 0.924. The third-order valence-electron chi connectivity index (χ3n) is 4.85. The Balaban J connectivity index is 1.77. The van der Waals surface area contributed by atoms with Crippen molar-refractivity contribution in [1.82, 2.24) is 15.5 Å². The summed E-state index contributed by atoms with van der Waals surface area (Å²) >= 11 is 0. The van der Waals surface area contributed by atoms with E-state index in [9.17, 15) is 0 Å². The van der Waals surface area contributed by atoms with Gasteiger partial charge in [0, 0.05) is 45.4 Å². The summed E-state index contributed by atoms with van der Waals surface area (Å²) in [7, 11) is 0. The molecule has 2 rings (SSSR count). The monoisotopic (exact) mass is 360 g/mol. The molecule has 5 heteroatoms.